The Morgan fingerprint density at radius 1 is 1.50 bits per heavy atom. The molecular weight excluding hydrogens is 274 g/mol. The minimum Gasteiger partial charge on any atom is -0.378 e. The van der Waals surface area contributed by atoms with E-state index in [1.807, 2.05) is 33.2 Å². The van der Waals surface area contributed by atoms with Gasteiger partial charge in [-0.25, -0.2) is 0 Å². The summed E-state index contributed by atoms with van der Waals surface area (Å²) < 4.78 is 7.38. The molecule has 0 spiro atoms. The summed E-state index contributed by atoms with van der Waals surface area (Å²) in [5.74, 6) is 0.143. The van der Waals surface area contributed by atoms with Crippen LogP contribution in [-0.2, 0) is 29.0 Å². The van der Waals surface area contributed by atoms with Gasteiger partial charge in [-0.3, -0.25) is 9.48 Å². The molecule has 3 heterocycles. The monoisotopic (exact) mass is 291 g/mol. The Morgan fingerprint density at radius 2 is 2.40 bits per heavy atom. The largest absolute Gasteiger partial charge is 0.378 e. The van der Waals surface area contributed by atoms with Crippen LogP contribution < -0.4 is 0 Å². The summed E-state index contributed by atoms with van der Waals surface area (Å²) in [6.45, 7) is 1.91. The maximum absolute atomic E-state index is 12.5. The van der Waals surface area contributed by atoms with Crippen LogP contribution >= 0.6 is 11.3 Å². The maximum atomic E-state index is 12.5. The molecule has 0 unspecified atom stereocenters. The molecular formula is C14H17N3O2S. The summed E-state index contributed by atoms with van der Waals surface area (Å²) in [5.41, 5.74) is 1.06. The van der Waals surface area contributed by atoms with Gasteiger partial charge in [-0.1, -0.05) is 6.07 Å². The number of nitrogens with zero attached hydrogens (tertiary/aromatic N) is 3. The van der Waals surface area contributed by atoms with Crippen molar-refractivity contribution in [2.75, 3.05) is 13.7 Å². The van der Waals surface area contributed by atoms with E-state index in [1.54, 1.807) is 24.6 Å². The lowest BCUT2D eigenvalue weighted by atomic mass is 10.2. The molecule has 1 aliphatic heterocycles. The minimum absolute atomic E-state index is 0.0107. The third-order valence-electron chi connectivity index (χ3n) is 3.55. The number of fused-ring (bicyclic) bond motifs is 1. The molecule has 0 saturated carbocycles. The number of carbonyl (C=O) groups is 1. The van der Waals surface area contributed by atoms with Gasteiger partial charge in [-0.2, -0.15) is 5.10 Å². The second-order valence-corrected chi connectivity index (χ2v) is 5.93. The standard InChI is InChI=1S/C14H17N3O2S/c1-19-12-9-16(8-11-4-5-15-17(11)10-12)14(18)7-13-3-2-6-20-13/h2-6,12H,7-10H2,1H3/t12-/m0/s1. The van der Waals surface area contributed by atoms with Crippen LogP contribution in [0.2, 0.25) is 0 Å². The van der Waals surface area contributed by atoms with E-state index in [1.165, 1.54) is 0 Å². The van der Waals surface area contributed by atoms with Crippen molar-refractivity contribution in [2.24, 2.45) is 0 Å². The van der Waals surface area contributed by atoms with E-state index in [-0.39, 0.29) is 12.0 Å². The number of rotatable bonds is 3. The van der Waals surface area contributed by atoms with Gasteiger partial charge in [0, 0.05) is 24.7 Å². The lowest BCUT2D eigenvalue weighted by molar-refractivity contribution is -0.132. The molecule has 106 valence electrons. The molecule has 20 heavy (non-hydrogen) atoms. The summed E-state index contributed by atoms with van der Waals surface area (Å²) >= 11 is 1.62. The average molecular weight is 291 g/mol. The Labute approximate surface area is 121 Å². The summed E-state index contributed by atoms with van der Waals surface area (Å²) in [5, 5.41) is 6.28. The van der Waals surface area contributed by atoms with Gasteiger partial charge in [0.25, 0.3) is 0 Å². The van der Waals surface area contributed by atoms with Crippen LogP contribution in [0.1, 0.15) is 10.6 Å². The first-order valence-corrected chi connectivity index (χ1v) is 7.48. The predicted molar refractivity (Wildman–Crippen MR) is 76.5 cm³/mol. The van der Waals surface area contributed by atoms with Crippen molar-refractivity contribution in [2.45, 2.75) is 25.6 Å². The highest BCUT2D eigenvalue weighted by molar-refractivity contribution is 7.10. The second-order valence-electron chi connectivity index (χ2n) is 4.89. The smallest absolute Gasteiger partial charge is 0.228 e. The number of amides is 1. The zero-order valence-electron chi connectivity index (χ0n) is 11.4. The molecule has 3 rings (SSSR count). The fourth-order valence-corrected chi connectivity index (χ4v) is 3.12. The van der Waals surface area contributed by atoms with Crippen LogP contribution in [0, 0.1) is 0 Å². The van der Waals surface area contributed by atoms with Gasteiger partial charge in [0.05, 0.1) is 31.3 Å². The quantitative estimate of drug-likeness (QED) is 0.862. The van der Waals surface area contributed by atoms with Crippen LogP contribution in [0.25, 0.3) is 0 Å². The maximum Gasteiger partial charge on any atom is 0.228 e. The first kappa shape index (κ1) is 13.3. The number of thiophene rings is 1. The molecule has 0 saturated heterocycles. The van der Waals surface area contributed by atoms with Crippen molar-refractivity contribution < 1.29 is 9.53 Å². The molecule has 0 aromatic carbocycles. The molecule has 0 bridgehead atoms. The Kier molecular flexibility index (Phi) is 3.84. The Balaban J connectivity index is 1.76. The molecule has 1 atom stereocenters. The van der Waals surface area contributed by atoms with Crippen LogP contribution in [0.4, 0.5) is 0 Å². The Hall–Kier alpha value is -1.66. The van der Waals surface area contributed by atoms with Gasteiger partial charge in [-0.15, -0.1) is 11.3 Å². The highest BCUT2D eigenvalue weighted by Gasteiger charge is 2.25. The van der Waals surface area contributed by atoms with E-state index in [4.69, 9.17) is 4.74 Å². The molecule has 2 aromatic rings. The summed E-state index contributed by atoms with van der Waals surface area (Å²) in [7, 11) is 1.68. The molecule has 6 heteroatoms. The van der Waals surface area contributed by atoms with Gasteiger partial charge >= 0.3 is 0 Å². The number of ether oxygens (including phenoxy) is 1. The van der Waals surface area contributed by atoms with Gasteiger partial charge in [-0.05, 0) is 17.5 Å². The van der Waals surface area contributed by atoms with Crippen molar-refractivity contribution in [1.29, 1.82) is 0 Å². The van der Waals surface area contributed by atoms with E-state index < -0.39 is 0 Å². The molecule has 0 fully saturated rings. The summed E-state index contributed by atoms with van der Waals surface area (Å²) in [4.78, 5) is 15.4. The van der Waals surface area contributed by atoms with E-state index in [0.29, 0.717) is 26.1 Å². The van der Waals surface area contributed by atoms with Gasteiger partial charge in [0.1, 0.15) is 0 Å². The average Bonchev–Trinajstić information content (AvgIpc) is 3.06. The van der Waals surface area contributed by atoms with Crippen molar-refractivity contribution in [3.8, 4) is 0 Å². The predicted octanol–water partition coefficient (Wildman–Crippen LogP) is 1.54. The van der Waals surface area contributed by atoms with Crippen molar-refractivity contribution >= 4 is 17.2 Å². The van der Waals surface area contributed by atoms with Crippen molar-refractivity contribution in [1.82, 2.24) is 14.7 Å². The van der Waals surface area contributed by atoms with Crippen molar-refractivity contribution in [3.05, 3.63) is 40.3 Å². The Morgan fingerprint density at radius 3 is 3.15 bits per heavy atom. The molecule has 1 amide bonds. The number of hydrogen-bond acceptors (Lipinski definition) is 4. The van der Waals surface area contributed by atoms with Crippen molar-refractivity contribution in [3.63, 3.8) is 0 Å². The number of methoxy groups -OCH3 is 1. The highest BCUT2D eigenvalue weighted by atomic mass is 32.1. The molecule has 0 N–H and O–H groups in total. The van der Waals surface area contributed by atoms with E-state index in [9.17, 15) is 4.79 Å². The summed E-state index contributed by atoms with van der Waals surface area (Å²) in [6, 6.07) is 5.94. The highest BCUT2D eigenvalue weighted by Crippen LogP contribution is 2.16. The van der Waals surface area contributed by atoms with Crippen LogP contribution in [0.3, 0.4) is 0 Å². The lowest BCUT2D eigenvalue weighted by Gasteiger charge is -2.23. The first-order chi connectivity index (χ1) is 9.76. The van der Waals surface area contributed by atoms with E-state index in [0.717, 1.165) is 10.6 Å². The summed E-state index contributed by atoms with van der Waals surface area (Å²) in [6.07, 6.45) is 2.22. The second kappa shape index (κ2) is 5.76. The van der Waals surface area contributed by atoms with Crippen LogP contribution in [0.15, 0.2) is 29.8 Å². The first-order valence-electron chi connectivity index (χ1n) is 6.60. The number of carbonyl (C=O) groups excluding carboxylic acids is 1. The number of hydrogen-bond donors (Lipinski definition) is 0. The zero-order chi connectivity index (χ0) is 13.9. The SMILES string of the molecule is CO[C@H]1CN(C(=O)Cc2cccs2)Cc2ccnn2C1. The molecule has 5 nitrogen and oxygen atoms in total. The topological polar surface area (TPSA) is 47.4 Å². The molecule has 0 radical (unpaired) electrons. The third-order valence-corrected chi connectivity index (χ3v) is 4.43. The number of aromatic nitrogens is 2. The zero-order valence-corrected chi connectivity index (χ0v) is 12.2. The fourth-order valence-electron chi connectivity index (χ4n) is 2.43. The van der Waals surface area contributed by atoms with Crippen LogP contribution in [0.5, 0.6) is 0 Å². The normalized spacial score (nSPS) is 18.6. The van der Waals surface area contributed by atoms with Gasteiger partial charge in [0.2, 0.25) is 5.91 Å². The molecule has 2 aromatic heterocycles. The Bertz CT molecular complexity index is 579. The fraction of sp³-hybridized carbons (Fsp3) is 0.429. The van der Waals surface area contributed by atoms with Gasteiger partial charge < -0.3 is 9.64 Å². The van der Waals surface area contributed by atoms with Crippen LogP contribution in [-0.4, -0.2) is 40.3 Å². The minimum atomic E-state index is -0.0107. The van der Waals surface area contributed by atoms with Gasteiger partial charge in [0.15, 0.2) is 0 Å². The molecule has 0 aliphatic carbocycles. The lowest BCUT2D eigenvalue weighted by Crippen LogP contribution is -2.37. The molecule has 1 aliphatic rings. The van der Waals surface area contributed by atoms with E-state index in [2.05, 4.69) is 5.10 Å². The third kappa shape index (κ3) is 2.76. The van der Waals surface area contributed by atoms with E-state index >= 15 is 0 Å².